The van der Waals surface area contributed by atoms with Crippen LogP contribution in [-0.2, 0) is 4.74 Å². The molecule has 0 saturated heterocycles. The molecule has 0 radical (unpaired) electrons. The molecule has 0 amide bonds. The van der Waals surface area contributed by atoms with Crippen LogP contribution in [0.2, 0.25) is 0 Å². The van der Waals surface area contributed by atoms with Gasteiger partial charge in [0.15, 0.2) is 0 Å². The Bertz CT molecular complexity index is 33.9. The Morgan fingerprint density at radius 1 is 1.80 bits per heavy atom. The van der Waals surface area contributed by atoms with Gasteiger partial charge in [0.05, 0.1) is 0 Å². The summed E-state index contributed by atoms with van der Waals surface area (Å²) in [5, 5.41) is 0. The topological polar surface area (TPSA) is 9.23 Å². The molecule has 0 aromatic carbocycles. The minimum absolute atomic E-state index is 1.62. The van der Waals surface area contributed by atoms with Crippen molar-refractivity contribution in [3.05, 3.63) is 11.0 Å². The second-order valence-electron chi connectivity index (χ2n) is 0.705. The van der Waals surface area contributed by atoms with Gasteiger partial charge in [0.1, 0.15) is 0 Å². The molecule has 5 heavy (non-hydrogen) atoms. The molecular weight excluding hydrogens is 59.0 g/mol. The zero-order chi connectivity index (χ0) is 4.12. The van der Waals surface area contributed by atoms with Crippen LogP contribution in [0, 0.1) is 0 Å². The summed E-state index contributed by atoms with van der Waals surface area (Å²) in [5.41, 5.74) is 0. The third-order valence-corrected chi connectivity index (χ3v) is 0.272. The van der Waals surface area contributed by atoms with Gasteiger partial charge in [0, 0.05) is 0 Å². The monoisotopic (exact) mass is 64.1 g/mol. The summed E-state index contributed by atoms with van der Waals surface area (Å²) in [6, 6.07) is 0. The summed E-state index contributed by atoms with van der Waals surface area (Å²) in [6.45, 7) is 0. The quantitative estimate of drug-likeness (QED) is 0.314. The van der Waals surface area contributed by atoms with Crippen molar-refractivity contribution >= 4 is 17.7 Å². The molecule has 0 aliphatic rings. The summed E-state index contributed by atoms with van der Waals surface area (Å²) >= 11 is 1.91. The third kappa shape index (κ3) is 4.14. The normalized spacial score (nSPS) is 9.40. The standard InChI is InChI=1S/C3H5O.Li/c1-3-4-2;/h1,3H,2H3;. The van der Waals surface area contributed by atoms with Crippen LogP contribution in [-0.4, -0.2) is 24.8 Å². The molecule has 0 fully saturated rings. The van der Waals surface area contributed by atoms with Crippen LogP contribution in [0.1, 0.15) is 0 Å². The Balaban J connectivity index is 2.62. The van der Waals surface area contributed by atoms with Gasteiger partial charge >= 0.3 is 40.6 Å². The van der Waals surface area contributed by atoms with Crippen molar-refractivity contribution in [1.82, 2.24) is 0 Å². The number of hydrogen-bond donors (Lipinski definition) is 0. The molecule has 0 aromatic heterocycles. The minimum atomic E-state index is 1.62. The molecule has 24 valence electrons. The molecule has 0 aliphatic heterocycles. The van der Waals surface area contributed by atoms with Gasteiger partial charge < -0.3 is 0 Å². The molecule has 1 nitrogen and oxygen atoms in total. The van der Waals surface area contributed by atoms with Gasteiger partial charge in [-0.05, 0) is 0 Å². The van der Waals surface area contributed by atoms with Gasteiger partial charge in [0.2, 0.25) is 0 Å². The van der Waals surface area contributed by atoms with E-state index in [1.54, 1.807) is 13.4 Å². The van der Waals surface area contributed by atoms with Crippen LogP contribution >= 0.6 is 0 Å². The van der Waals surface area contributed by atoms with E-state index in [1.807, 2.05) is 22.5 Å². The SMILES string of the molecule is [Li][CH]=COC. The maximum absolute atomic E-state index is 4.51. The van der Waals surface area contributed by atoms with Crippen molar-refractivity contribution in [1.29, 1.82) is 0 Å². The first kappa shape index (κ1) is 5.14. The van der Waals surface area contributed by atoms with Gasteiger partial charge in [-0.3, -0.25) is 0 Å². The molecule has 0 spiro atoms. The Morgan fingerprint density at radius 2 is 2.40 bits per heavy atom. The van der Waals surface area contributed by atoms with Crippen molar-refractivity contribution in [2.24, 2.45) is 0 Å². The average Bonchev–Trinajstić information content (AvgIpc) is 1.41. The summed E-state index contributed by atoms with van der Waals surface area (Å²) in [4.78, 5) is 0. The second kappa shape index (κ2) is 4.14. The summed E-state index contributed by atoms with van der Waals surface area (Å²) in [7, 11) is 1.62. The second-order valence-corrected chi connectivity index (χ2v) is 0.705. The molecule has 0 aliphatic carbocycles. The van der Waals surface area contributed by atoms with E-state index in [2.05, 4.69) is 4.74 Å². The van der Waals surface area contributed by atoms with Gasteiger partial charge in [-0.1, -0.05) is 0 Å². The van der Waals surface area contributed by atoms with E-state index in [0.717, 1.165) is 0 Å². The van der Waals surface area contributed by atoms with E-state index >= 15 is 0 Å². The van der Waals surface area contributed by atoms with Crippen LogP contribution in [0.25, 0.3) is 0 Å². The van der Waals surface area contributed by atoms with Crippen molar-refractivity contribution in [2.75, 3.05) is 7.11 Å². The zero-order valence-corrected chi connectivity index (χ0v) is 3.56. The van der Waals surface area contributed by atoms with Gasteiger partial charge in [-0.15, -0.1) is 0 Å². The van der Waals surface area contributed by atoms with Crippen molar-refractivity contribution in [2.45, 2.75) is 0 Å². The van der Waals surface area contributed by atoms with Crippen LogP contribution < -0.4 is 0 Å². The first-order valence-electron chi connectivity index (χ1n) is 1.55. The van der Waals surface area contributed by atoms with Crippen molar-refractivity contribution in [3.63, 3.8) is 0 Å². The summed E-state index contributed by atoms with van der Waals surface area (Å²) in [5.74, 6) is 0. The fraction of sp³-hybridized carbons (Fsp3) is 0.333. The molecule has 0 bridgehead atoms. The molecule has 0 N–H and O–H groups in total. The molecule has 0 aromatic rings. The van der Waals surface area contributed by atoms with Gasteiger partial charge in [0.25, 0.3) is 0 Å². The fourth-order valence-corrected chi connectivity index (χ4v) is 0.136. The van der Waals surface area contributed by atoms with E-state index in [1.165, 1.54) is 0 Å². The molecule has 0 unspecified atom stereocenters. The van der Waals surface area contributed by atoms with Crippen LogP contribution in [0.15, 0.2) is 11.0 Å². The van der Waals surface area contributed by atoms with Crippen molar-refractivity contribution in [3.8, 4) is 0 Å². The molecule has 0 heterocycles. The Kier molecular flexibility index (Phi) is 4.25. The predicted octanol–water partition coefficient (Wildman–Crippen LogP) is 0.272. The van der Waals surface area contributed by atoms with E-state index in [-0.39, 0.29) is 0 Å². The van der Waals surface area contributed by atoms with Gasteiger partial charge in [-0.2, -0.15) is 0 Å². The predicted molar refractivity (Wildman–Crippen MR) is 21.9 cm³/mol. The van der Waals surface area contributed by atoms with E-state index in [4.69, 9.17) is 0 Å². The molecule has 0 saturated carbocycles. The van der Waals surface area contributed by atoms with Crippen LogP contribution in [0.4, 0.5) is 0 Å². The molecule has 0 rings (SSSR count). The molecule has 0 atom stereocenters. The Labute approximate surface area is 41.2 Å². The van der Waals surface area contributed by atoms with E-state index in [0.29, 0.717) is 0 Å². The van der Waals surface area contributed by atoms with E-state index < -0.39 is 0 Å². The molecular formula is C3H5LiO. The number of hydrogen-bond acceptors (Lipinski definition) is 1. The molecule has 2 heteroatoms. The average molecular weight is 64.0 g/mol. The fourth-order valence-electron chi connectivity index (χ4n) is 0.136. The number of methoxy groups -OCH3 is 1. The Morgan fingerprint density at radius 3 is 2.40 bits per heavy atom. The maximum atomic E-state index is 4.51. The van der Waals surface area contributed by atoms with Crippen LogP contribution in [0.3, 0.4) is 0 Å². The number of rotatable bonds is 1. The summed E-state index contributed by atoms with van der Waals surface area (Å²) in [6.07, 6.45) is 1.62. The first-order chi connectivity index (χ1) is 2.41. The van der Waals surface area contributed by atoms with Gasteiger partial charge in [-0.25, -0.2) is 0 Å². The van der Waals surface area contributed by atoms with Crippen LogP contribution in [0.5, 0.6) is 0 Å². The number of ether oxygens (including phenoxy) is 1. The Hall–Kier alpha value is 0.137. The third-order valence-electron chi connectivity index (χ3n) is 0.272. The zero-order valence-electron chi connectivity index (χ0n) is 3.56. The van der Waals surface area contributed by atoms with Crippen molar-refractivity contribution < 1.29 is 4.74 Å². The summed E-state index contributed by atoms with van der Waals surface area (Å²) < 4.78 is 6.34. The first-order valence-corrected chi connectivity index (χ1v) is 1.55. The van der Waals surface area contributed by atoms with E-state index in [9.17, 15) is 0 Å².